The Morgan fingerprint density at radius 3 is 2.65 bits per heavy atom. The zero-order chi connectivity index (χ0) is 14.8. The summed E-state index contributed by atoms with van der Waals surface area (Å²) in [6, 6.07) is 8.66. The number of thiophene rings is 1. The van der Waals surface area contributed by atoms with Gasteiger partial charge in [-0.25, -0.2) is 13.1 Å². The van der Waals surface area contributed by atoms with Crippen molar-refractivity contribution in [1.29, 1.82) is 0 Å². The number of rotatable bonds is 5. The molecule has 1 aromatic carbocycles. The van der Waals surface area contributed by atoms with Gasteiger partial charge in [0.05, 0.1) is 9.23 Å². The van der Waals surface area contributed by atoms with Crippen molar-refractivity contribution in [3.05, 3.63) is 45.6 Å². The zero-order valence-electron chi connectivity index (χ0n) is 11.1. The molecule has 2 aromatic rings. The van der Waals surface area contributed by atoms with Gasteiger partial charge in [0.15, 0.2) is 0 Å². The summed E-state index contributed by atoms with van der Waals surface area (Å²) in [6.07, 6.45) is 0. The Labute approximate surface area is 127 Å². The van der Waals surface area contributed by atoms with E-state index in [0.717, 1.165) is 15.6 Å². The minimum atomic E-state index is -3.43. The van der Waals surface area contributed by atoms with Crippen molar-refractivity contribution in [2.45, 2.75) is 17.9 Å². The summed E-state index contributed by atoms with van der Waals surface area (Å²) >= 11 is 7.39. The first kappa shape index (κ1) is 15.3. The van der Waals surface area contributed by atoms with Crippen molar-refractivity contribution in [3.8, 4) is 0 Å². The fraction of sp³-hybridized carbons (Fsp3) is 0.231. The van der Waals surface area contributed by atoms with Crippen LogP contribution >= 0.6 is 22.9 Å². The number of halogens is 1. The van der Waals surface area contributed by atoms with Crippen molar-refractivity contribution in [2.75, 3.05) is 12.4 Å². The Balaban J connectivity index is 2.20. The molecule has 2 N–H and O–H groups in total. The quantitative estimate of drug-likeness (QED) is 0.882. The van der Waals surface area contributed by atoms with Gasteiger partial charge in [0, 0.05) is 11.7 Å². The molecule has 1 atom stereocenters. The van der Waals surface area contributed by atoms with E-state index in [2.05, 4.69) is 10.0 Å². The minimum Gasteiger partial charge on any atom is -0.378 e. The van der Waals surface area contributed by atoms with Crippen molar-refractivity contribution in [2.24, 2.45) is 0 Å². The van der Waals surface area contributed by atoms with Gasteiger partial charge in [0.25, 0.3) is 0 Å². The van der Waals surface area contributed by atoms with E-state index in [1.54, 1.807) is 18.2 Å². The van der Waals surface area contributed by atoms with E-state index in [1.165, 1.54) is 18.4 Å². The van der Waals surface area contributed by atoms with Crippen molar-refractivity contribution in [1.82, 2.24) is 4.72 Å². The normalized spacial score (nSPS) is 13.2. The third-order valence-corrected chi connectivity index (χ3v) is 5.41. The molecule has 7 heteroatoms. The van der Waals surface area contributed by atoms with Crippen molar-refractivity contribution in [3.63, 3.8) is 0 Å². The molecule has 0 aliphatic rings. The Bertz CT molecular complexity index is 698. The van der Waals surface area contributed by atoms with E-state index in [-0.39, 0.29) is 10.9 Å². The van der Waals surface area contributed by atoms with E-state index >= 15 is 0 Å². The third-order valence-electron chi connectivity index (χ3n) is 2.88. The summed E-state index contributed by atoms with van der Waals surface area (Å²) in [5.41, 5.74) is 1.82. The molecule has 0 bridgehead atoms. The molecule has 1 unspecified atom stereocenters. The van der Waals surface area contributed by atoms with Gasteiger partial charge in [-0.3, -0.25) is 0 Å². The standard InChI is InChI=1S/C13H15ClN2O2S2/c1-9(10-6-13(14)19-8-10)16-11-4-3-5-12(7-11)20(17,18)15-2/h3-9,15-16H,1-2H3. The number of benzene rings is 1. The summed E-state index contributed by atoms with van der Waals surface area (Å²) < 4.78 is 26.6. The summed E-state index contributed by atoms with van der Waals surface area (Å²) in [5, 5.41) is 5.24. The predicted molar refractivity (Wildman–Crippen MR) is 84.1 cm³/mol. The third kappa shape index (κ3) is 3.52. The Morgan fingerprint density at radius 1 is 1.30 bits per heavy atom. The smallest absolute Gasteiger partial charge is 0.240 e. The molecule has 2 rings (SSSR count). The summed E-state index contributed by atoms with van der Waals surface area (Å²) in [7, 11) is -2.03. The second kappa shape index (κ2) is 6.13. The lowest BCUT2D eigenvalue weighted by atomic mass is 10.1. The predicted octanol–water partition coefficient (Wildman–Crippen LogP) is 3.48. The largest absolute Gasteiger partial charge is 0.378 e. The first-order valence-corrected chi connectivity index (χ1v) is 8.70. The molecule has 0 spiro atoms. The SMILES string of the molecule is CNS(=O)(=O)c1cccc(NC(C)c2csc(Cl)c2)c1. The molecular weight excluding hydrogens is 316 g/mol. The fourth-order valence-corrected chi connectivity index (χ4v) is 3.51. The van der Waals surface area contributed by atoms with Crippen molar-refractivity contribution < 1.29 is 8.42 Å². The van der Waals surface area contributed by atoms with Gasteiger partial charge in [-0.2, -0.15) is 0 Å². The van der Waals surface area contributed by atoms with Crippen LogP contribution < -0.4 is 10.0 Å². The zero-order valence-corrected chi connectivity index (χ0v) is 13.4. The second-order valence-corrected chi connectivity index (χ2v) is 7.71. The van der Waals surface area contributed by atoms with Crippen LogP contribution in [0.3, 0.4) is 0 Å². The lowest BCUT2D eigenvalue weighted by Crippen LogP contribution is -2.18. The van der Waals surface area contributed by atoms with Crippen LogP contribution in [0.1, 0.15) is 18.5 Å². The number of sulfonamides is 1. The molecule has 0 aliphatic carbocycles. The minimum absolute atomic E-state index is 0.0475. The van der Waals surface area contributed by atoms with Crippen LogP contribution in [0.4, 0.5) is 5.69 Å². The monoisotopic (exact) mass is 330 g/mol. The molecule has 20 heavy (non-hydrogen) atoms. The highest BCUT2D eigenvalue weighted by atomic mass is 35.5. The van der Waals surface area contributed by atoms with Crippen LogP contribution in [0.2, 0.25) is 4.34 Å². The lowest BCUT2D eigenvalue weighted by Gasteiger charge is -2.15. The van der Waals surface area contributed by atoms with Crippen LogP contribution in [0, 0.1) is 0 Å². The maximum atomic E-state index is 11.8. The van der Waals surface area contributed by atoms with Crippen molar-refractivity contribution >= 4 is 38.6 Å². The molecule has 0 aliphatic heterocycles. The van der Waals surface area contributed by atoms with Crippen LogP contribution in [0.25, 0.3) is 0 Å². The van der Waals surface area contributed by atoms with Crippen LogP contribution in [0.15, 0.2) is 40.6 Å². The number of nitrogens with one attached hydrogen (secondary N) is 2. The topological polar surface area (TPSA) is 58.2 Å². The van der Waals surface area contributed by atoms with Gasteiger partial charge in [-0.05, 0) is 49.2 Å². The van der Waals surface area contributed by atoms with Crippen LogP contribution in [-0.4, -0.2) is 15.5 Å². The summed E-state index contributed by atoms with van der Waals surface area (Å²) in [5.74, 6) is 0. The Morgan fingerprint density at radius 2 is 2.05 bits per heavy atom. The van der Waals surface area contributed by atoms with E-state index < -0.39 is 10.0 Å². The van der Waals surface area contributed by atoms with Crippen LogP contribution in [0.5, 0.6) is 0 Å². The number of hydrogen-bond acceptors (Lipinski definition) is 4. The molecule has 0 radical (unpaired) electrons. The first-order valence-electron chi connectivity index (χ1n) is 5.96. The van der Waals surface area contributed by atoms with Gasteiger partial charge in [0.1, 0.15) is 0 Å². The van der Waals surface area contributed by atoms with Gasteiger partial charge in [0.2, 0.25) is 10.0 Å². The highest BCUT2D eigenvalue weighted by Gasteiger charge is 2.13. The maximum absolute atomic E-state index is 11.8. The van der Waals surface area contributed by atoms with E-state index in [9.17, 15) is 8.42 Å². The Kier molecular flexibility index (Phi) is 4.70. The number of anilines is 1. The average Bonchev–Trinajstić information content (AvgIpc) is 2.86. The van der Waals surface area contributed by atoms with E-state index in [4.69, 9.17) is 11.6 Å². The molecule has 1 heterocycles. The van der Waals surface area contributed by atoms with Crippen LogP contribution in [-0.2, 0) is 10.0 Å². The Hall–Kier alpha value is -1.08. The summed E-state index contributed by atoms with van der Waals surface area (Å²) in [4.78, 5) is 0.237. The average molecular weight is 331 g/mol. The number of hydrogen-bond donors (Lipinski definition) is 2. The lowest BCUT2D eigenvalue weighted by molar-refractivity contribution is 0.588. The van der Waals surface area contributed by atoms with E-state index in [1.807, 2.05) is 24.4 Å². The summed E-state index contributed by atoms with van der Waals surface area (Å²) in [6.45, 7) is 2.00. The molecule has 0 fully saturated rings. The van der Waals surface area contributed by atoms with Gasteiger partial charge >= 0.3 is 0 Å². The second-order valence-electron chi connectivity index (χ2n) is 4.29. The highest BCUT2D eigenvalue weighted by molar-refractivity contribution is 7.89. The maximum Gasteiger partial charge on any atom is 0.240 e. The molecule has 0 saturated carbocycles. The van der Waals surface area contributed by atoms with Gasteiger partial charge in [-0.15, -0.1) is 11.3 Å². The molecule has 0 amide bonds. The van der Waals surface area contributed by atoms with Gasteiger partial charge < -0.3 is 5.32 Å². The van der Waals surface area contributed by atoms with Gasteiger partial charge in [-0.1, -0.05) is 17.7 Å². The first-order chi connectivity index (χ1) is 9.42. The molecular formula is C13H15ClN2O2S2. The molecule has 108 valence electrons. The van der Waals surface area contributed by atoms with E-state index in [0.29, 0.717) is 0 Å². The fourth-order valence-electron chi connectivity index (χ4n) is 1.75. The highest BCUT2D eigenvalue weighted by Crippen LogP contribution is 2.27. The molecule has 0 saturated heterocycles. The molecule has 1 aromatic heterocycles. The molecule has 4 nitrogen and oxygen atoms in total.